The monoisotopic (exact) mass is 248 g/mol. The lowest BCUT2D eigenvalue weighted by Gasteiger charge is -2.39. The Labute approximate surface area is 109 Å². The molecule has 3 rings (SSSR count). The number of hydrogen-bond acceptors (Lipinski definition) is 3. The Morgan fingerprint density at radius 2 is 2.22 bits per heavy atom. The molecule has 1 fully saturated rings. The summed E-state index contributed by atoms with van der Waals surface area (Å²) >= 11 is 0. The maximum Gasteiger partial charge on any atom is 0.122 e. The van der Waals surface area contributed by atoms with Crippen LogP contribution < -0.4 is 5.32 Å². The summed E-state index contributed by atoms with van der Waals surface area (Å²) < 4.78 is 2.28. The first kappa shape index (κ1) is 12.2. The lowest BCUT2D eigenvalue weighted by atomic mass is 9.86. The average Bonchev–Trinajstić information content (AvgIpc) is 2.91. The minimum absolute atomic E-state index is 0.409. The van der Waals surface area contributed by atoms with Gasteiger partial charge in [0, 0.05) is 37.6 Å². The average molecular weight is 248 g/mol. The second-order valence-electron chi connectivity index (χ2n) is 6.37. The van der Waals surface area contributed by atoms with Crippen LogP contribution in [0, 0.1) is 5.41 Å². The van der Waals surface area contributed by atoms with Gasteiger partial charge >= 0.3 is 0 Å². The number of nitrogens with zero attached hydrogens (tertiary/aromatic N) is 3. The largest absolute Gasteiger partial charge is 0.333 e. The van der Waals surface area contributed by atoms with Crippen LogP contribution in [0.25, 0.3) is 0 Å². The molecular weight excluding hydrogens is 224 g/mol. The van der Waals surface area contributed by atoms with Gasteiger partial charge in [-0.1, -0.05) is 13.8 Å². The Bertz CT molecular complexity index is 423. The van der Waals surface area contributed by atoms with Gasteiger partial charge in [0.2, 0.25) is 0 Å². The summed E-state index contributed by atoms with van der Waals surface area (Å²) in [4.78, 5) is 7.09. The van der Waals surface area contributed by atoms with Crippen LogP contribution in [0.3, 0.4) is 0 Å². The zero-order chi connectivity index (χ0) is 12.8. The van der Waals surface area contributed by atoms with Crippen LogP contribution in [0.2, 0.25) is 0 Å². The quantitative estimate of drug-likeness (QED) is 0.860. The molecule has 2 atom stereocenters. The Kier molecular flexibility index (Phi) is 2.94. The number of hydrogen-bond donors (Lipinski definition) is 1. The van der Waals surface area contributed by atoms with Crippen LogP contribution in [-0.4, -0.2) is 40.1 Å². The van der Waals surface area contributed by atoms with Crippen LogP contribution >= 0.6 is 0 Å². The molecule has 0 bridgehead atoms. The summed E-state index contributed by atoms with van der Waals surface area (Å²) in [5.74, 6) is 1.22. The lowest BCUT2D eigenvalue weighted by Crippen LogP contribution is -2.52. The highest BCUT2D eigenvalue weighted by Gasteiger charge is 2.44. The van der Waals surface area contributed by atoms with Crippen molar-refractivity contribution in [3.63, 3.8) is 0 Å². The van der Waals surface area contributed by atoms with E-state index in [0.29, 0.717) is 17.5 Å². The van der Waals surface area contributed by atoms with Crippen molar-refractivity contribution in [1.82, 2.24) is 19.8 Å². The van der Waals surface area contributed by atoms with Crippen LogP contribution in [0.5, 0.6) is 0 Å². The molecule has 0 amide bonds. The molecule has 2 heterocycles. The Morgan fingerprint density at radius 3 is 3.00 bits per heavy atom. The molecule has 1 aromatic rings. The smallest absolute Gasteiger partial charge is 0.122 e. The molecule has 1 N–H and O–H groups in total. The van der Waals surface area contributed by atoms with Gasteiger partial charge in [0.15, 0.2) is 0 Å². The van der Waals surface area contributed by atoms with Crippen LogP contribution in [0.15, 0.2) is 12.4 Å². The first-order valence-corrected chi connectivity index (χ1v) is 7.03. The van der Waals surface area contributed by atoms with E-state index in [1.807, 2.05) is 6.20 Å². The van der Waals surface area contributed by atoms with Crippen molar-refractivity contribution in [3.05, 3.63) is 18.2 Å². The highest BCUT2D eigenvalue weighted by Crippen LogP contribution is 2.40. The minimum Gasteiger partial charge on any atom is -0.333 e. The SMILES string of the molecule is CNC1C(N2CCn3ccnc3C2)CCC1(C)C. The van der Waals surface area contributed by atoms with Gasteiger partial charge in [0.1, 0.15) is 5.82 Å². The summed E-state index contributed by atoms with van der Waals surface area (Å²) in [6.07, 6.45) is 6.64. The van der Waals surface area contributed by atoms with E-state index in [-0.39, 0.29) is 0 Å². The molecule has 2 unspecified atom stereocenters. The number of likely N-dealkylation sites (N-methyl/N-ethyl adjacent to an activating group) is 1. The predicted octanol–water partition coefficient (Wildman–Crippen LogP) is 1.48. The molecule has 1 aliphatic carbocycles. The van der Waals surface area contributed by atoms with E-state index in [0.717, 1.165) is 19.6 Å². The molecule has 0 aromatic carbocycles. The van der Waals surface area contributed by atoms with Crippen molar-refractivity contribution in [2.24, 2.45) is 5.41 Å². The number of aromatic nitrogens is 2. The molecule has 1 aliphatic heterocycles. The van der Waals surface area contributed by atoms with E-state index in [1.165, 1.54) is 18.7 Å². The van der Waals surface area contributed by atoms with Crippen LogP contribution in [0.4, 0.5) is 0 Å². The van der Waals surface area contributed by atoms with Gasteiger partial charge in [-0.25, -0.2) is 4.98 Å². The van der Waals surface area contributed by atoms with Gasteiger partial charge in [0.25, 0.3) is 0 Å². The first-order chi connectivity index (χ1) is 8.62. The maximum absolute atomic E-state index is 4.47. The van der Waals surface area contributed by atoms with Crippen LogP contribution in [0.1, 0.15) is 32.5 Å². The first-order valence-electron chi connectivity index (χ1n) is 7.03. The number of nitrogens with one attached hydrogen (secondary N) is 1. The van der Waals surface area contributed by atoms with Gasteiger partial charge in [-0.3, -0.25) is 4.90 Å². The number of rotatable bonds is 2. The summed E-state index contributed by atoms with van der Waals surface area (Å²) in [6, 6.07) is 1.26. The summed E-state index contributed by atoms with van der Waals surface area (Å²) in [5.41, 5.74) is 0.409. The second kappa shape index (κ2) is 4.35. The third-order valence-corrected chi connectivity index (χ3v) is 4.87. The molecule has 2 aliphatic rings. The molecule has 0 spiro atoms. The van der Waals surface area contributed by atoms with Gasteiger partial charge in [-0.2, -0.15) is 0 Å². The van der Waals surface area contributed by atoms with Crippen molar-refractivity contribution in [2.45, 2.75) is 51.9 Å². The standard InChI is InChI=1S/C14H24N4/c1-14(2)5-4-11(13(14)15-3)18-9-8-17-7-6-16-12(17)10-18/h6-7,11,13,15H,4-5,8-10H2,1-3H3. The third kappa shape index (κ3) is 1.88. The van der Waals surface area contributed by atoms with Crippen molar-refractivity contribution in [2.75, 3.05) is 13.6 Å². The maximum atomic E-state index is 4.47. The van der Waals surface area contributed by atoms with Gasteiger partial charge in [0.05, 0.1) is 6.54 Å². The third-order valence-electron chi connectivity index (χ3n) is 4.87. The van der Waals surface area contributed by atoms with E-state index in [9.17, 15) is 0 Å². The molecule has 18 heavy (non-hydrogen) atoms. The van der Waals surface area contributed by atoms with Crippen molar-refractivity contribution in [1.29, 1.82) is 0 Å². The summed E-state index contributed by atoms with van der Waals surface area (Å²) in [7, 11) is 2.11. The Hall–Kier alpha value is -0.870. The summed E-state index contributed by atoms with van der Waals surface area (Å²) in [6.45, 7) is 8.02. The molecule has 4 heteroatoms. The molecule has 4 nitrogen and oxygen atoms in total. The van der Waals surface area contributed by atoms with E-state index < -0.39 is 0 Å². The fourth-order valence-electron chi connectivity index (χ4n) is 3.81. The van der Waals surface area contributed by atoms with Crippen molar-refractivity contribution < 1.29 is 0 Å². The molecule has 0 radical (unpaired) electrons. The zero-order valence-electron chi connectivity index (χ0n) is 11.7. The van der Waals surface area contributed by atoms with E-state index in [4.69, 9.17) is 0 Å². The van der Waals surface area contributed by atoms with E-state index >= 15 is 0 Å². The summed E-state index contributed by atoms with van der Waals surface area (Å²) in [5, 5.41) is 3.55. The van der Waals surface area contributed by atoms with Crippen LogP contribution in [-0.2, 0) is 13.1 Å². The topological polar surface area (TPSA) is 33.1 Å². The Morgan fingerprint density at radius 1 is 1.39 bits per heavy atom. The molecular formula is C14H24N4. The normalized spacial score (nSPS) is 31.5. The van der Waals surface area contributed by atoms with Crippen molar-refractivity contribution in [3.8, 4) is 0 Å². The number of imidazole rings is 1. The van der Waals surface area contributed by atoms with E-state index in [1.54, 1.807) is 0 Å². The highest BCUT2D eigenvalue weighted by molar-refractivity contribution is 5.04. The molecule has 0 saturated heterocycles. The highest BCUT2D eigenvalue weighted by atomic mass is 15.3. The second-order valence-corrected chi connectivity index (χ2v) is 6.37. The van der Waals surface area contributed by atoms with Gasteiger partial charge < -0.3 is 9.88 Å². The van der Waals surface area contributed by atoms with Gasteiger partial charge in [-0.15, -0.1) is 0 Å². The zero-order valence-corrected chi connectivity index (χ0v) is 11.7. The predicted molar refractivity (Wildman–Crippen MR) is 72.3 cm³/mol. The minimum atomic E-state index is 0.409. The Balaban J connectivity index is 1.77. The lowest BCUT2D eigenvalue weighted by molar-refractivity contribution is 0.117. The fraction of sp³-hybridized carbons (Fsp3) is 0.786. The molecule has 1 aromatic heterocycles. The van der Waals surface area contributed by atoms with E-state index in [2.05, 4.69) is 46.9 Å². The van der Waals surface area contributed by atoms with Gasteiger partial charge in [-0.05, 0) is 25.3 Å². The molecule has 1 saturated carbocycles. The molecule has 100 valence electrons. The fourth-order valence-corrected chi connectivity index (χ4v) is 3.81. The van der Waals surface area contributed by atoms with Crippen molar-refractivity contribution >= 4 is 0 Å². The number of fused-ring (bicyclic) bond motifs is 1.